The normalized spacial score (nSPS) is 18.4. The maximum Gasteiger partial charge on any atom is 0.310 e. The molecule has 2 rings (SSSR count). The number of benzene rings is 1. The summed E-state index contributed by atoms with van der Waals surface area (Å²) in [7, 11) is 1.38. The van der Waals surface area contributed by atoms with Crippen molar-refractivity contribution < 1.29 is 14.3 Å². The van der Waals surface area contributed by atoms with Crippen LogP contribution in [0.4, 0.5) is 0 Å². The van der Waals surface area contributed by atoms with Crippen LogP contribution in [0.25, 0.3) is 0 Å². The molecule has 0 saturated carbocycles. The highest BCUT2D eigenvalue weighted by molar-refractivity contribution is 7.98. The van der Waals surface area contributed by atoms with Crippen LogP contribution in [0.1, 0.15) is 23.2 Å². The summed E-state index contributed by atoms with van der Waals surface area (Å²) in [6, 6.07) is 5.43. The first-order valence-corrected chi connectivity index (χ1v) is 8.37. The number of carbonyl (C=O) groups excluding carboxylic acids is 2. The summed E-state index contributed by atoms with van der Waals surface area (Å²) >= 11 is 7.71. The molecule has 0 radical (unpaired) electrons. The summed E-state index contributed by atoms with van der Waals surface area (Å²) in [5, 5.41) is 0.443. The minimum atomic E-state index is -0.253. The maximum absolute atomic E-state index is 12.6. The van der Waals surface area contributed by atoms with E-state index in [1.54, 1.807) is 28.8 Å². The first kappa shape index (κ1) is 16.2. The number of carbonyl (C=O) groups is 2. The van der Waals surface area contributed by atoms with Crippen molar-refractivity contribution >= 4 is 35.2 Å². The van der Waals surface area contributed by atoms with E-state index < -0.39 is 0 Å². The van der Waals surface area contributed by atoms with Gasteiger partial charge in [0.2, 0.25) is 0 Å². The molecule has 0 N–H and O–H groups in total. The number of hydrogen-bond donors (Lipinski definition) is 0. The molecule has 1 aromatic carbocycles. The van der Waals surface area contributed by atoms with Crippen LogP contribution >= 0.6 is 23.4 Å². The highest BCUT2D eigenvalue weighted by atomic mass is 35.5. The second-order valence-electron chi connectivity index (χ2n) is 4.96. The van der Waals surface area contributed by atoms with Gasteiger partial charge in [-0.3, -0.25) is 9.59 Å². The summed E-state index contributed by atoms with van der Waals surface area (Å²) < 4.78 is 4.78. The molecule has 21 heavy (non-hydrogen) atoms. The van der Waals surface area contributed by atoms with Crippen molar-refractivity contribution in [3.05, 3.63) is 28.8 Å². The zero-order valence-electron chi connectivity index (χ0n) is 12.1. The lowest BCUT2D eigenvalue weighted by Gasteiger charge is -2.31. The van der Waals surface area contributed by atoms with Gasteiger partial charge >= 0.3 is 5.97 Å². The maximum atomic E-state index is 12.6. The van der Waals surface area contributed by atoms with Crippen LogP contribution in [0.2, 0.25) is 5.02 Å². The van der Waals surface area contributed by atoms with Gasteiger partial charge < -0.3 is 9.64 Å². The molecule has 114 valence electrons. The summed E-state index contributed by atoms with van der Waals surface area (Å²) in [4.78, 5) is 27.0. The molecule has 0 bridgehead atoms. The van der Waals surface area contributed by atoms with Crippen LogP contribution in [0.3, 0.4) is 0 Å². The van der Waals surface area contributed by atoms with Crippen molar-refractivity contribution in [2.24, 2.45) is 5.92 Å². The van der Waals surface area contributed by atoms with E-state index >= 15 is 0 Å². The van der Waals surface area contributed by atoms with Crippen molar-refractivity contribution in [3.8, 4) is 0 Å². The third-order valence-electron chi connectivity index (χ3n) is 3.65. The lowest BCUT2D eigenvalue weighted by atomic mass is 9.97. The van der Waals surface area contributed by atoms with Gasteiger partial charge in [-0.15, -0.1) is 11.8 Å². The van der Waals surface area contributed by atoms with Gasteiger partial charge in [-0.1, -0.05) is 11.6 Å². The number of halogens is 1. The lowest BCUT2D eigenvalue weighted by molar-refractivity contribution is -0.146. The largest absolute Gasteiger partial charge is 0.469 e. The van der Waals surface area contributed by atoms with E-state index in [0.717, 1.165) is 17.7 Å². The van der Waals surface area contributed by atoms with E-state index in [1.165, 1.54) is 7.11 Å². The number of methoxy groups -OCH3 is 1. The number of likely N-dealkylation sites (tertiary alicyclic amines) is 1. The lowest BCUT2D eigenvalue weighted by Crippen LogP contribution is -2.42. The van der Waals surface area contributed by atoms with Crippen LogP contribution in [0, 0.1) is 5.92 Å². The van der Waals surface area contributed by atoms with E-state index in [2.05, 4.69) is 0 Å². The number of ether oxygens (including phenoxy) is 1. The van der Waals surface area contributed by atoms with Gasteiger partial charge in [-0.2, -0.15) is 0 Å². The second-order valence-corrected chi connectivity index (χ2v) is 6.25. The molecule has 0 spiro atoms. The number of piperidine rings is 1. The molecule has 0 aliphatic carbocycles. The van der Waals surface area contributed by atoms with Crippen LogP contribution in [-0.2, 0) is 9.53 Å². The van der Waals surface area contributed by atoms with Gasteiger partial charge in [0.25, 0.3) is 5.91 Å². The Morgan fingerprint density at radius 3 is 2.86 bits per heavy atom. The van der Waals surface area contributed by atoms with Gasteiger partial charge in [-0.05, 0) is 37.3 Å². The minimum absolute atomic E-state index is 0.121. The third-order valence-corrected chi connectivity index (χ3v) is 4.70. The number of nitrogens with zero attached hydrogens (tertiary/aromatic N) is 1. The third kappa shape index (κ3) is 3.71. The Bertz CT molecular complexity index is 550. The molecule has 1 unspecified atom stereocenters. The molecular formula is C15H18ClNO3S. The van der Waals surface area contributed by atoms with Crippen molar-refractivity contribution in [2.45, 2.75) is 17.7 Å². The fraction of sp³-hybridized carbons (Fsp3) is 0.467. The number of rotatable bonds is 3. The van der Waals surface area contributed by atoms with E-state index in [1.807, 2.05) is 12.3 Å². The fourth-order valence-corrected chi connectivity index (χ4v) is 3.12. The number of amides is 1. The Kier molecular flexibility index (Phi) is 5.53. The van der Waals surface area contributed by atoms with Crippen molar-refractivity contribution in [3.63, 3.8) is 0 Å². The Labute approximate surface area is 133 Å². The van der Waals surface area contributed by atoms with Crippen LogP contribution < -0.4 is 0 Å². The van der Waals surface area contributed by atoms with Gasteiger partial charge in [0.05, 0.1) is 23.6 Å². The van der Waals surface area contributed by atoms with Crippen molar-refractivity contribution in [1.29, 1.82) is 0 Å². The number of esters is 1. The monoisotopic (exact) mass is 327 g/mol. The number of thioether (sulfide) groups is 1. The predicted molar refractivity (Wildman–Crippen MR) is 83.9 cm³/mol. The second kappa shape index (κ2) is 7.18. The summed E-state index contributed by atoms with van der Waals surface area (Å²) in [6.45, 7) is 1.04. The van der Waals surface area contributed by atoms with Gasteiger partial charge in [-0.25, -0.2) is 0 Å². The minimum Gasteiger partial charge on any atom is -0.469 e. The quantitative estimate of drug-likeness (QED) is 0.632. The van der Waals surface area contributed by atoms with Gasteiger partial charge in [0, 0.05) is 18.0 Å². The average Bonchev–Trinajstić information content (AvgIpc) is 2.54. The SMILES string of the molecule is COC(=O)C1CCCN(C(=O)c2cc(SC)ccc2Cl)C1. The van der Waals surface area contributed by atoms with Crippen LogP contribution in [-0.4, -0.2) is 43.2 Å². The van der Waals surface area contributed by atoms with E-state index in [9.17, 15) is 9.59 Å². The molecule has 1 aliphatic rings. The van der Waals surface area contributed by atoms with Crippen molar-refractivity contribution in [1.82, 2.24) is 4.90 Å². The molecule has 4 nitrogen and oxygen atoms in total. The number of hydrogen-bond acceptors (Lipinski definition) is 4. The molecule has 1 heterocycles. The highest BCUT2D eigenvalue weighted by Gasteiger charge is 2.30. The molecule has 0 aromatic heterocycles. The highest BCUT2D eigenvalue weighted by Crippen LogP contribution is 2.26. The van der Waals surface area contributed by atoms with Crippen LogP contribution in [0.5, 0.6) is 0 Å². The van der Waals surface area contributed by atoms with Crippen LogP contribution in [0.15, 0.2) is 23.1 Å². The first-order valence-electron chi connectivity index (χ1n) is 6.77. The smallest absolute Gasteiger partial charge is 0.310 e. The van der Waals surface area contributed by atoms with E-state index in [0.29, 0.717) is 23.7 Å². The average molecular weight is 328 g/mol. The molecule has 1 atom stereocenters. The summed E-state index contributed by atoms with van der Waals surface area (Å²) in [5.41, 5.74) is 0.494. The molecule has 1 amide bonds. The molecule has 1 fully saturated rings. The Balaban J connectivity index is 2.17. The standard InChI is InChI=1S/C15H18ClNO3S/c1-20-15(19)10-4-3-7-17(9-10)14(18)12-8-11(21-2)5-6-13(12)16/h5-6,8,10H,3-4,7,9H2,1-2H3. The topological polar surface area (TPSA) is 46.6 Å². The van der Waals surface area contributed by atoms with Gasteiger partial charge in [0.15, 0.2) is 0 Å². The van der Waals surface area contributed by atoms with Crippen molar-refractivity contribution in [2.75, 3.05) is 26.5 Å². The fourth-order valence-electron chi connectivity index (χ4n) is 2.49. The Hall–Kier alpha value is -1.20. The molecule has 1 saturated heterocycles. The summed E-state index contributed by atoms with van der Waals surface area (Å²) in [5.74, 6) is -0.615. The molecule has 6 heteroatoms. The molecule has 1 aromatic rings. The Morgan fingerprint density at radius 1 is 1.43 bits per heavy atom. The van der Waals surface area contributed by atoms with E-state index in [-0.39, 0.29) is 17.8 Å². The molecular weight excluding hydrogens is 310 g/mol. The first-order chi connectivity index (χ1) is 10.1. The Morgan fingerprint density at radius 2 is 2.19 bits per heavy atom. The summed E-state index contributed by atoms with van der Waals surface area (Å²) in [6.07, 6.45) is 3.51. The zero-order valence-corrected chi connectivity index (χ0v) is 13.7. The van der Waals surface area contributed by atoms with Gasteiger partial charge in [0.1, 0.15) is 0 Å². The predicted octanol–water partition coefficient (Wildman–Crippen LogP) is 3.09. The zero-order chi connectivity index (χ0) is 15.4. The molecule has 1 aliphatic heterocycles. The van der Waals surface area contributed by atoms with E-state index in [4.69, 9.17) is 16.3 Å².